The van der Waals surface area contributed by atoms with Gasteiger partial charge in [0, 0.05) is 26.2 Å². The summed E-state index contributed by atoms with van der Waals surface area (Å²) in [7, 11) is -3.66. The Hall–Kier alpha value is -1.89. The van der Waals surface area contributed by atoms with Crippen LogP contribution in [0.25, 0.3) is 0 Å². The Bertz CT molecular complexity index is 881. The number of nitrogens with zero attached hydrogens (tertiary/aromatic N) is 2. The molecule has 0 fully saturated rings. The standard InChI is InChI=1S/C20H25ClN2O3S/c1-4-22(15-16-10-8-7-9-11-16)20(24)18-14-17(12-13-19(18)21)27(25,26)23(5-2)6-3/h7-14H,4-6,15H2,1-3H3. The molecular weight excluding hydrogens is 384 g/mol. The van der Waals surface area contributed by atoms with E-state index in [1.165, 1.54) is 22.5 Å². The first-order valence-electron chi connectivity index (χ1n) is 8.98. The predicted octanol–water partition coefficient (Wildman–Crippen LogP) is 4.03. The Kier molecular flexibility index (Phi) is 7.41. The Morgan fingerprint density at radius 1 is 0.963 bits per heavy atom. The van der Waals surface area contributed by atoms with E-state index in [-0.39, 0.29) is 21.4 Å². The third-order valence-electron chi connectivity index (χ3n) is 4.40. The lowest BCUT2D eigenvalue weighted by molar-refractivity contribution is 0.0752. The van der Waals surface area contributed by atoms with Crippen LogP contribution < -0.4 is 0 Å². The quantitative estimate of drug-likeness (QED) is 0.662. The van der Waals surface area contributed by atoms with E-state index in [1.807, 2.05) is 37.3 Å². The number of benzene rings is 2. The fourth-order valence-corrected chi connectivity index (χ4v) is 4.53. The van der Waals surface area contributed by atoms with E-state index < -0.39 is 10.0 Å². The summed E-state index contributed by atoms with van der Waals surface area (Å²) in [6.07, 6.45) is 0. The zero-order valence-corrected chi connectivity index (χ0v) is 17.4. The minimum Gasteiger partial charge on any atom is -0.335 e. The predicted molar refractivity (Wildman–Crippen MR) is 108 cm³/mol. The van der Waals surface area contributed by atoms with Crippen molar-refractivity contribution in [1.82, 2.24) is 9.21 Å². The lowest BCUT2D eigenvalue weighted by Gasteiger charge is -2.23. The van der Waals surface area contributed by atoms with Crippen LogP contribution in [0.3, 0.4) is 0 Å². The summed E-state index contributed by atoms with van der Waals surface area (Å²) in [5.41, 5.74) is 1.19. The van der Waals surface area contributed by atoms with Gasteiger partial charge in [0.15, 0.2) is 0 Å². The fraction of sp³-hybridized carbons (Fsp3) is 0.350. The third kappa shape index (κ3) is 4.89. The second-order valence-corrected chi connectivity index (χ2v) is 8.38. The number of carbonyl (C=O) groups excluding carboxylic acids is 1. The zero-order chi connectivity index (χ0) is 20.0. The molecule has 5 nitrogen and oxygen atoms in total. The number of carbonyl (C=O) groups is 1. The van der Waals surface area contributed by atoms with E-state index >= 15 is 0 Å². The van der Waals surface area contributed by atoms with Crippen LogP contribution in [0, 0.1) is 0 Å². The topological polar surface area (TPSA) is 57.7 Å². The normalized spacial score (nSPS) is 11.6. The van der Waals surface area contributed by atoms with Gasteiger partial charge in [0.05, 0.1) is 15.5 Å². The molecule has 0 bridgehead atoms. The van der Waals surface area contributed by atoms with Gasteiger partial charge >= 0.3 is 0 Å². The molecule has 0 heterocycles. The van der Waals surface area contributed by atoms with Crippen molar-refractivity contribution in [2.45, 2.75) is 32.2 Å². The van der Waals surface area contributed by atoms with Crippen molar-refractivity contribution >= 4 is 27.5 Å². The van der Waals surface area contributed by atoms with E-state index in [0.717, 1.165) is 5.56 Å². The summed E-state index contributed by atoms with van der Waals surface area (Å²) in [4.78, 5) is 14.7. The molecule has 2 aromatic carbocycles. The molecular formula is C20H25ClN2O3S. The van der Waals surface area contributed by atoms with Crippen molar-refractivity contribution in [3.05, 3.63) is 64.7 Å². The molecule has 27 heavy (non-hydrogen) atoms. The lowest BCUT2D eigenvalue weighted by Crippen LogP contribution is -2.32. The highest BCUT2D eigenvalue weighted by Crippen LogP contribution is 2.24. The van der Waals surface area contributed by atoms with Gasteiger partial charge in [-0.25, -0.2) is 8.42 Å². The number of hydrogen-bond acceptors (Lipinski definition) is 3. The van der Waals surface area contributed by atoms with Gasteiger partial charge in [0.2, 0.25) is 10.0 Å². The number of halogens is 1. The average molecular weight is 409 g/mol. The van der Waals surface area contributed by atoms with Gasteiger partial charge in [-0.15, -0.1) is 0 Å². The van der Waals surface area contributed by atoms with Gasteiger partial charge < -0.3 is 4.90 Å². The molecule has 7 heteroatoms. The first-order chi connectivity index (χ1) is 12.8. The molecule has 2 aromatic rings. The minimum absolute atomic E-state index is 0.0784. The summed E-state index contributed by atoms with van der Waals surface area (Å²) >= 11 is 6.24. The molecule has 0 aromatic heterocycles. The molecule has 0 aliphatic heterocycles. The van der Waals surface area contributed by atoms with Crippen LogP contribution in [-0.2, 0) is 16.6 Å². The Morgan fingerprint density at radius 2 is 1.59 bits per heavy atom. The van der Waals surface area contributed by atoms with Crippen LogP contribution in [0.5, 0.6) is 0 Å². The van der Waals surface area contributed by atoms with Crippen LogP contribution in [0.15, 0.2) is 53.4 Å². The molecule has 0 spiro atoms. The molecule has 0 unspecified atom stereocenters. The third-order valence-corrected chi connectivity index (χ3v) is 6.77. The van der Waals surface area contributed by atoms with Crippen LogP contribution in [0.2, 0.25) is 5.02 Å². The molecule has 0 saturated carbocycles. The zero-order valence-electron chi connectivity index (χ0n) is 15.9. The van der Waals surface area contributed by atoms with Gasteiger partial charge in [0.1, 0.15) is 0 Å². The maximum atomic E-state index is 13.0. The van der Waals surface area contributed by atoms with Gasteiger partial charge in [-0.2, -0.15) is 4.31 Å². The SMILES string of the molecule is CCN(Cc1ccccc1)C(=O)c1cc(S(=O)(=O)N(CC)CC)ccc1Cl. The lowest BCUT2D eigenvalue weighted by atomic mass is 10.1. The largest absolute Gasteiger partial charge is 0.335 e. The summed E-state index contributed by atoms with van der Waals surface area (Å²) in [5.74, 6) is -0.289. The van der Waals surface area contributed by atoms with Crippen molar-refractivity contribution in [2.24, 2.45) is 0 Å². The molecule has 2 rings (SSSR count). The Morgan fingerprint density at radius 3 is 2.15 bits per heavy atom. The number of rotatable bonds is 8. The van der Waals surface area contributed by atoms with Crippen molar-refractivity contribution in [2.75, 3.05) is 19.6 Å². The number of amides is 1. The smallest absolute Gasteiger partial charge is 0.255 e. The summed E-state index contributed by atoms with van der Waals surface area (Å²) in [6, 6.07) is 13.9. The van der Waals surface area contributed by atoms with Crippen LogP contribution in [-0.4, -0.2) is 43.2 Å². The molecule has 0 N–H and O–H groups in total. The van der Waals surface area contributed by atoms with Crippen molar-refractivity contribution in [3.8, 4) is 0 Å². The highest BCUT2D eigenvalue weighted by atomic mass is 35.5. The van der Waals surface area contributed by atoms with Crippen molar-refractivity contribution in [1.29, 1.82) is 0 Å². The second-order valence-electron chi connectivity index (χ2n) is 6.04. The molecule has 146 valence electrons. The van der Waals surface area contributed by atoms with Gasteiger partial charge in [-0.1, -0.05) is 55.8 Å². The maximum Gasteiger partial charge on any atom is 0.255 e. The molecule has 0 atom stereocenters. The van der Waals surface area contributed by atoms with Crippen molar-refractivity contribution < 1.29 is 13.2 Å². The van der Waals surface area contributed by atoms with Crippen LogP contribution >= 0.6 is 11.6 Å². The average Bonchev–Trinajstić information content (AvgIpc) is 2.67. The molecule has 0 aliphatic carbocycles. The van der Waals surface area contributed by atoms with Crippen LogP contribution in [0.1, 0.15) is 36.7 Å². The summed E-state index contributed by atoms with van der Waals surface area (Å²) < 4.78 is 26.9. The van der Waals surface area contributed by atoms with Gasteiger partial charge in [0.25, 0.3) is 5.91 Å². The van der Waals surface area contributed by atoms with Crippen LogP contribution in [0.4, 0.5) is 0 Å². The van der Waals surface area contributed by atoms with E-state index in [0.29, 0.717) is 26.2 Å². The van der Waals surface area contributed by atoms with Crippen molar-refractivity contribution in [3.63, 3.8) is 0 Å². The monoisotopic (exact) mass is 408 g/mol. The number of hydrogen-bond donors (Lipinski definition) is 0. The van der Waals surface area contributed by atoms with E-state index in [4.69, 9.17) is 11.6 Å². The highest BCUT2D eigenvalue weighted by Gasteiger charge is 2.25. The van der Waals surface area contributed by atoms with E-state index in [2.05, 4.69) is 0 Å². The summed E-state index contributed by atoms with van der Waals surface area (Å²) in [6.45, 7) is 7.07. The highest BCUT2D eigenvalue weighted by molar-refractivity contribution is 7.89. The fourth-order valence-electron chi connectivity index (χ4n) is 2.84. The molecule has 1 amide bonds. The van der Waals surface area contributed by atoms with E-state index in [1.54, 1.807) is 18.7 Å². The molecule has 0 saturated heterocycles. The molecule has 0 aliphatic rings. The number of sulfonamides is 1. The van der Waals surface area contributed by atoms with Gasteiger partial charge in [-0.05, 0) is 30.7 Å². The minimum atomic E-state index is -3.66. The van der Waals surface area contributed by atoms with Gasteiger partial charge in [-0.3, -0.25) is 4.79 Å². The Balaban J connectivity index is 2.38. The summed E-state index contributed by atoms with van der Waals surface area (Å²) in [5, 5.41) is 0.241. The second kappa shape index (κ2) is 9.35. The first kappa shape index (κ1) is 21.4. The van der Waals surface area contributed by atoms with E-state index in [9.17, 15) is 13.2 Å². The Labute approximate surface area is 166 Å². The molecule has 0 radical (unpaired) electrons. The first-order valence-corrected chi connectivity index (χ1v) is 10.8. The maximum absolute atomic E-state index is 13.0.